The van der Waals surface area contributed by atoms with Crippen LogP contribution in [0, 0.1) is 6.92 Å². The summed E-state index contributed by atoms with van der Waals surface area (Å²) in [4.78, 5) is 13.5. The van der Waals surface area contributed by atoms with Crippen molar-refractivity contribution in [2.45, 2.75) is 32.6 Å². The first kappa shape index (κ1) is 17.4. The molecule has 7 nitrogen and oxygen atoms in total. The molecule has 25 heavy (non-hydrogen) atoms. The first-order valence-corrected chi connectivity index (χ1v) is 8.25. The van der Waals surface area contributed by atoms with Crippen molar-refractivity contribution >= 4 is 17.6 Å². The van der Waals surface area contributed by atoms with Crippen molar-refractivity contribution in [1.29, 1.82) is 0 Å². The SMILES string of the molecule is C=CCOc1ccc(CN2Cc3nnc(C)n3CC2C(=O)O)cc1Cl. The van der Waals surface area contributed by atoms with Gasteiger partial charge in [0.25, 0.3) is 0 Å². The summed E-state index contributed by atoms with van der Waals surface area (Å²) in [6, 6.07) is 4.82. The van der Waals surface area contributed by atoms with Gasteiger partial charge in [0.1, 0.15) is 30.0 Å². The second-order valence-electron chi connectivity index (χ2n) is 5.90. The number of aliphatic carboxylic acids is 1. The van der Waals surface area contributed by atoms with Gasteiger partial charge in [-0.05, 0) is 24.6 Å². The van der Waals surface area contributed by atoms with Crippen molar-refractivity contribution in [3.8, 4) is 5.75 Å². The van der Waals surface area contributed by atoms with Gasteiger partial charge in [-0.2, -0.15) is 0 Å². The highest BCUT2D eigenvalue weighted by atomic mass is 35.5. The molecule has 1 aliphatic rings. The van der Waals surface area contributed by atoms with Gasteiger partial charge in [-0.1, -0.05) is 30.3 Å². The average Bonchev–Trinajstić information content (AvgIpc) is 2.93. The molecule has 2 heterocycles. The number of ether oxygens (including phenoxy) is 1. The standard InChI is InChI=1S/C17H19ClN4O3/c1-3-6-25-15-5-4-12(7-13(15)18)8-21-10-16-20-19-11(2)22(16)9-14(21)17(23)24/h3-5,7,14H,1,6,8-10H2,2H3,(H,23,24). The number of hydrogen-bond acceptors (Lipinski definition) is 5. The summed E-state index contributed by atoms with van der Waals surface area (Å²) < 4.78 is 7.32. The first-order chi connectivity index (χ1) is 12.0. The molecule has 0 saturated carbocycles. The first-order valence-electron chi connectivity index (χ1n) is 7.87. The van der Waals surface area contributed by atoms with Crippen molar-refractivity contribution < 1.29 is 14.6 Å². The van der Waals surface area contributed by atoms with Crippen LogP contribution in [0.5, 0.6) is 5.75 Å². The van der Waals surface area contributed by atoms with Crippen molar-refractivity contribution in [3.05, 3.63) is 53.1 Å². The van der Waals surface area contributed by atoms with Gasteiger partial charge < -0.3 is 14.4 Å². The third-order valence-electron chi connectivity index (χ3n) is 4.18. The van der Waals surface area contributed by atoms with Crippen molar-refractivity contribution in [3.63, 3.8) is 0 Å². The number of carboxylic acid groups (broad SMARTS) is 1. The molecule has 8 heteroatoms. The molecule has 0 spiro atoms. The highest BCUT2D eigenvalue weighted by molar-refractivity contribution is 6.32. The monoisotopic (exact) mass is 362 g/mol. The Balaban J connectivity index is 1.80. The molecular weight excluding hydrogens is 344 g/mol. The van der Waals surface area contributed by atoms with Gasteiger partial charge in [0.2, 0.25) is 0 Å². The Morgan fingerprint density at radius 2 is 2.32 bits per heavy atom. The molecule has 1 unspecified atom stereocenters. The van der Waals surface area contributed by atoms with E-state index in [9.17, 15) is 9.90 Å². The Labute approximate surface area is 150 Å². The topological polar surface area (TPSA) is 80.5 Å². The third kappa shape index (κ3) is 3.67. The van der Waals surface area contributed by atoms with Gasteiger partial charge in [0.05, 0.1) is 18.1 Å². The molecule has 0 saturated heterocycles. The molecule has 1 N–H and O–H groups in total. The number of benzene rings is 1. The summed E-state index contributed by atoms with van der Waals surface area (Å²) in [5.74, 6) is 1.21. The van der Waals surface area contributed by atoms with E-state index in [1.165, 1.54) is 0 Å². The minimum atomic E-state index is -0.865. The summed E-state index contributed by atoms with van der Waals surface area (Å²) in [6.45, 7) is 7.01. The molecule has 3 rings (SSSR count). The predicted molar refractivity (Wildman–Crippen MR) is 92.6 cm³/mol. The van der Waals surface area contributed by atoms with E-state index < -0.39 is 12.0 Å². The van der Waals surface area contributed by atoms with Crippen molar-refractivity contribution in [1.82, 2.24) is 19.7 Å². The molecular formula is C17H19ClN4O3. The fourth-order valence-electron chi connectivity index (χ4n) is 2.90. The maximum atomic E-state index is 11.7. The van der Waals surface area contributed by atoms with Crippen LogP contribution in [0.3, 0.4) is 0 Å². The van der Waals surface area contributed by atoms with E-state index in [1.807, 2.05) is 22.5 Å². The predicted octanol–water partition coefficient (Wildman–Crippen LogP) is 2.27. The van der Waals surface area contributed by atoms with Gasteiger partial charge in [0.15, 0.2) is 0 Å². The zero-order valence-corrected chi connectivity index (χ0v) is 14.6. The molecule has 2 aromatic rings. The fraction of sp³-hybridized carbons (Fsp3) is 0.353. The highest BCUT2D eigenvalue weighted by Crippen LogP contribution is 2.27. The molecule has 1 aliphatic heterocycles. The van der Waals surface area contributed by atoms with E-state index in [0.717, 1.165) is 17.2 Å². The van der Waals surface area contributed by atoms with Crippen LogP contribution in [0.25, 0.3) is 0 Å². The average molecular weight is 363 g/mol. The lowest BCUT2D eigenvalue weighted by molar-refractivity contribution is -0.145. The van der Waals surface area contributed by atoms with Gasteiger partial charge in [-0.25, -0.2) is 0 Å². The van der Waals surface area contributed by atoms with Crippen LogP contribution >= 0.6 is 11.6 Å². The molecule has 1 atom stereocenters. The number of halogens is 1. The van der Waals surface area contributed by atoms with E-state index in [-0.39, 0.29) is 0 Å². The number of fused-ring (bicyclic) bond motifs is 1. The van der Waals surface area contributed by atoms with E-state index in [4.69, 9.17) is 16.3 Å². The van der Waals surface area contributed by atoms with Gasteiger partial charge in [0, 0.05) is 6.54 Å². The van der Waals surface area contributed by atoms with E-state index in [1.54, 1.807) is 18.2 Å². The van der Waals surface area contributed by atoms with Crippen LogP contribution in [-0.2, 0) is 24.4 Å². The normalized spacial score (nSPS) is 17.1. The molecule has 132 valence electrons. The molecule has 0 aliphatic carbocycles. The number of carboxylic acids is 1. The van der Waals surface area contributed by atoms with Crippen LogP contribution in [0.1, 0.15) is 17.2 Å². The zero-order chi connectivity index (χ0) is 18.0. The van der Waals surface area contributed by atoms with Crippen LogP contribution < -0.4 is 4.74 Å². The quantitative estimate of drug-likeness (QED) is 0.794. The minimum Gasteiger partial charge on any atom is -0.488 e. The summed E-state index contributed by atoms with van der Waals surface area (Å²) >= 11 is 6.25. The lowest BCUT2D eigenvalue weighted by Crippen LogP contribution is -2.47. The van der Waals surface area contributed by atoms with Crippen LogP contribution in [0.4, 0.5) is 0 Å². The highest BCUT2D eigenvalue weighted by Gasteiger charge is 2.33. The van der Waals surface area contributed by atoms with Crippen LogP contribution in [-0.4, -0.2) is 43.4 Å². The minimum absolute atomic E-state index is 0.331. The summed E-state index contributed by atoms with van der Waals surface area (Å²) in [7, 11) is 0. The molecule has 0 amide bonds. The molecule has 1 aromatic carbocycles. The molecule has 1 aromatic heterocycles. The van der Waals surface area contributed by atoms with Crippen molar-refractivity contribution in [2.75, 3.05) is 6.61 Å². The summed E-state index contributed by atoms with van der Waals surface area (Å²) in [5.41, 5.74) is 0.909. The number of aryl methyl sites for hydroxylation is 1. The summed E-state index contributed by atoms with van der Waals surface area (Å²) in [6.07, 6.45) is 1.65. The molecule has 0 fully saturated rings. The smallest absolute Gasteiger partial charge is 0.322 e. The number of carbonyl (C=O) groups is 1. The number of rotatable bonds is 6. The number of nitrogens with zero attached hydrogens (tertiary/aromatic N) is 4. The van der Waals surface area contributed by atoms with E-state index >= 15 is 0 Å². The number of aromatic nitrogens is 3. The second kappa shape index (κ2) is 7.25. The van der Waals surface area contributed by atoms with Crippen molar-refractivity contribution in [2.24, 2.45) is 0 Å². The maximum absolute atomic E-state index is 11.7. The number of hydrogen-bond donors (Lipinski definition) is 1. The zero-order valence-electron chi connectivity index (χ0n) is 13.9. The molecule has 0 radical (unpaired) electrons. The molecule has 0 bridgehead atoms. The van der Waals surface area contributed by atoms with Gasteiger partial charge >= 0.3 is 5.97 Å². The Hall–Kier alpha value is -2.38. The Morgan fingerprint density at radius 1 is 1.52 bits per heavy atom. The van der Waals surface area contributed by atoms with E-state index in [0.29, 0.717) is 37.0 Å². The Kier molecular flexibility index (Phi) is 5.06. The lowest BCUT2D eigenvalue weighted by atomic mass is 10.1. The van der Waals surface area contributed by atoms with Crippen LogP contribution in [0.2, 0.25) is 5.02 Å². The third-order valence-corrected chi connectivity index (χ3v) is 4.47. The Bertz CT molecular complexity index is 805. The lowest BCUT2D eigenvalue weighted by Gasteiger charge is -2.33. The largest absolute Gasteiger partial charge is 0.488 e. The van der Waals surface area contributed by atoms with E-state index in [2.05, 4.69) is 16.8 Å². The Morgan fingerprint density at radius 3 is 3.00 bits per heavy atom. The van der Waals surface area contributed by atoms with Crippen LogP contribution in [0.15, 0.2) is 30.9 Å². The maximum Gasteiger partial charge on any atom is 0.322 e. The van der Waals surface area contributed by atoms with Gasteiger partial charge in [-0.15, -0.1) is 10.2 Å². The second-order valence-corrected chi connectivity index (χ2v) is 6.30. The van der Waals surface area contributed by atoms with Gasteiger partial charge in [-0.3, -0.25) is 9.69 Å². The summed E-state index contributed by atoms with van der Waals surface area (Å²) in [5, 5.41) is 18.2. The fourth-order valence-corrected chi connectivity index (χ4v) is 3.16.